The number of hydrogen-bond donors (Lipinski definition) is 0. The highest BCUT2D eigenvalue weighted by Crippen LogP contribution is 2.25. The number of aryl methyl sites for hydroxylation is 1. The van der Waals surface area contributed by atoms with E-state index < -0.39 is 0 Å². The number of amides is 1. The molecule has 1 aromatic heterocycles. The number of carbonyl (C=O) groups excluding carboxylic acids is 1. The summed E-state index contributed by atoms with van der Waals surface area (Å²) >= 11 is 0. The quantitative estimate of drug-likeness (QED) is 0.808. The third-order valence-corrected chi connectivity index (χ3v) is 4.46. The van der Waals surface area contributed by atoms with Gasteiger partial charge in [0.05, 0.1) is 18.8 Å². The third kappa shape index (κ3) is 2.25. The molecule has 20 heavy (non-hydrogen) atoms. The minimum Gasteiger partial charge on any atom is -0.373 e. The van der Waals surface area contributed by atoms with Gasteiger partial charge in [-0.25, -0.2) is 0 Å². The first-order valence-electron chi connectivity index (χ1n) is 7.36. The number of carbonyl (C=O) groups is 1. The largest absolute Gasteiger partial charge is 0.373 e. The predicted octanol–water partition coefficient (Wildman–Crippen LogP) is 0.959. The molecule has 0 aliphatic carbocycles. The van der Waals surface area contributed by atoms with Crippen molar-refractivity contribution in [2.24, 2.45) is 7.05 Å². The smallest absolute Gasteiger partial charge is 0.270 e. The van der Waals surface area contributed by atoms with Crippen LogP contribution in [0, 0.1) is 0 Å². The Morgan fingerprint density at radius 2 is 2.20 bits per heavy atom. The van der Waals surface area contributed by atoms with Gasteiger partial charge in [-0.1, -0.05) is 0 Å². The molecule has 3 rings (SSSR count). The SMILES string of the molecule is CC(C)N1CCO[C@H]2CN(C(=O)c3cccn3C)C[C@@H]21. The van der Waals surface area contributed by atoms with Crippen molar-refractivity contribution in [1.29, 1.82) is 0 Å². The number of hydrogen-bond acceptors (Lipinski definition) is 3. The zero-order chi connectivity index (χ0) is 14.3. The number of nitrogens with zero attached hydrogens (tertiary/aromatic N) is 3. The second-order valence-electron chi connectivity index (χ2n) is 6.02. The molecular formula is C15H23N3O2. The van der Waals surface area contributed by atoms with Gasteiger partial charge in [0.1, 0.15) is 5.69 Å². The average Bonchev–Trinajstić information content (AvgIpc) is 3.02. The van der Waals surface area contributed by atoms with Crippen LogP contribution in [-0.4, -0.2) is 64.7 Å². The van der Waals surface area contributed by atoms with Crippen LogP contribution in [0.1, 0.15) is 24.3 Å². The second kappa shape index (κ2) is 5.22. The van der Waals surface area contributed by atoms with Crippen molar-refractivity contribution >= 4 is 5.91 Å². The van der Waals surface area contributed by atoms with Crippen molar-refractivity contribution in [3.05, 3.63) is 24.0 Å². The lowest BCUT2D eigenvalue weighted by Crippen LogP contribution is -2.53. The molecule has 0 unspecified atom stereocenters. The maximum Gasteiger partial charge on any atom is 0.270 e. The van der Waals surface area contributed by atoms with Crippen LogP contribution < -0.4 is 0 Å². The summed E-state index contributed by atoms with van der Waals surface area (Å²) < 4.78 is 7.75. The van der Waals surface area contributed by atoms with Gasteiger partial charge in [-0.3, -0.25) is 9.69 Å². The lowest BCUT2D eigenvalue weighted by atomic mass is 10.1. The molecule has 2 aliphatic rings. The lowest BCUT2D eigenvalue weighted by Gasteiger charge is -2.39. The monoisotopic (exact) mass is 277 g/mol. The van der Waals surface area contributed by atoms with Crippen molar-refractivity contribution in [3.8, 4) is 0 Å². The van der Waals surface area contributed by atoms with Crippen molar-refractivity contribution in [2.45, 2.75) is 32.0 Å². The molecule has 5 heteroatoms. The summed E-state index contributed by atoms with van der Waals surface area (Å²) in [6, 6.07) is 4.63. The van der Waals surface area contributed by atoms with Crippen LogP contribution in [-0.2, 0) is 11.8 Å². The Hall–Kier alpha value is -1.33. The van der Waals surface area contributed by atoms with Gasteiger partial charge in [-0.05, 0) is 26.0 Å². The van der Waals surface area contributed by atoms with Crippen molar-refractivity contribution < 1.29 is 9.53 Å². The number of aromatic nitrogens is 1. The van der Waals surface area contributed by atoms with Crippen molar-refractivity contribution in [3.63, 3.8) is 0 Å². The zero-order valence-corrected chi connectivity index (χ0v) is 12.5. The van der Waals surface area contributed by atoms with Gasteiger partial charge in [0.25, 0.3) is 5.91 Å². The van der Waals surface area contributed by atoms with Gasteiger partial charge < -0.3 is 14.2 Å². The molecule has 0 N–H and O–H groups in total. The second-order valence-corrected chi connectivity index (χ2v) is 6.02. The van der Waals surface area contributed by atoms with Crippen LogP contribution in [0.4, 0.5) is 0 Å². The van der Waals surface area contributed by atoms with Crippen LogP contribution in [0.5, 0.6) is 0 Å². The van der Waals surface area contributed by atoms with Gasteiger partial charge in [0.15, 0.2) is 0 Å². The van der Waals surface area contributed by atoms with Gasteiger partial charge in [-0.2, -0.15) is 0 Å². The summed E-state index contributed by atoms with van der Waals surface area (Å²) in [5, 5.41) is 0. The molecule has 1 aromatic rings. The molecule has 2 aliphatic heterocycles. The van der Waals surface area contributed by atoms with Crippen LogP contribution in [0.15, 0.2) is 18.3 Å². The summed E-state index contributed by atoms with van der Waals surface area (Å²) in [6.45, 7) is 7.63. The van der Waals surface area contributed by atoms with Gasteiger partial charge in [-0.15, -0.1) is 0 Å². The van der Waals surface area contributed by atoms with E-state index in [9.17, 15) is 4.79 Å². The van der Waals surface area contributed by atoms with Gasteiger partial charge in [0.2, 0.25) is 0 Å². The Morgan fingerprint density at radius 1 is 1.40 bits per heavy atom. The molecule has 2 atom stereocenters. The minimum absolute atomic E-state index is 0.110. The summed E-state index contributed by atoms with van der Waals surface area (Å²) in [4.78, 5) is 17.0. The van der Waals surface area contributed by atoms with Crippen LogP contribution >= 0.6 is 0 Å². The van der Waals surface area contributed by atoms with E-state index in [-0.39, 0.29) is 12.0 Å². The molecule has 5 nitrogen and oxygen atoms in total. The van der Waals surface area contributed by atoms with Crippen molar-refractivity contribution in [1.82, 2.24) is 14.4 Å². The summed E-state index contributed by atoms with van der Waals surface area (Å²) in [5.41, 5.74) is 0.750. The number of fused-ring (bicyclic) bond motifs is 1. The fourth-order valence-corrected chi connectivity index (χ4v) is 3.37. The molecule has 2 fully saturated rings. The van der Waals surface area contributed by atoms with E-state index in [0.29, 0.717) is 18.6 Å². The van der Waals surface area contributed by atoms with Crippen LogP contribution in [0.3, 0.4) is 0 Å². The summed E-state index contributed by atoms with van der Waals surface area (Å²) in [7, 11) is 1.91. The van der Waals surface area contributed by atoms with E-state index in [1.165, 1.54) is 0 Å². The Kier molecular flexibility index (Phi) is 3.56. The first kappa shape index (κ1) is 13.6. The predicted molar refractivity (Wildman–Crippen MR) is 76.7 cm³/mol. The van der Waals surface area contributed by atoms with Crippen LogP contribution in [0.2, 0.25) is 0 Å². The van der Waals surface area contributed by atoms with Crippen LogP contribution in [0.25, 0.3) is 0 Å². The lowest BCUT2D eigenvalue weighted by molar-refractivity contribution is -0.0582. The van der Waals surface area contributed by atoms with Gasteiger partial charge >= 0.3 is 0 Å². The first-order valence-corrected chi connectivity index (χ1v) is 7.36. The van der Waals surface area contributed by atoms with Crippen molar-refractivity contribution in [2.75, 3.05) is 26.2 Å². The number of likely N-dealkylation sites (tertiary alicyclic amines) is 1. The van der Waals surface area contributed by atoms with E-state index in [1.807, 2.05) is 34.8 Å². The Labute approximate surface area is 120 Å². The molecule has 0 spiro atoms. The fraction of sp³-hybridized carbons (Fsp3) is 0.667. The highest BCUT2D eigenvalue weighted by atomic mass is 16.5. The third-order valence-electron chi connectivity index (χ3n) is 4.46. The number of ether oxygens (including phenoxy) is 1. The average molecular weight is 277 g/mol. The normalized spacial score (nSPS) is 27.1. The van der Waals surface area contributed by atoms with E-state index in [0.717, 1.165) is 25.4 Å². The number of rotatable bonds is 2. The van der Waals surface area contributed by atoms with E-state index >= 15 is 0 Å². The minimum atomic E-state index is 0.110. The number of morpholine rings is 1. The highest BCUT2D eigenvalue weighted by molar-refractivity contribution is 5.93. The molecule has 0 aromatic carbocycles. The molecular weight excluding hydrogens is 254 g/mol. The molecule has 0 bridgehead atoms. The molecule has 1 amide bonds. The maximum atomic E-state index is 12.6. The van der Waals surface area contributed by atoms with E-state index in [1.54, 1.807) is 0 Å². The molecule has 2 saturated heterocycles. The first-order chi connectivity index (χ1) is 9.58. The van der Waals surface area contributed by atoms with E-state index in [4.69, 9.17) is 4.74 Å². The standard InChI is InChI=1S/C15H23N3O2/c1-11(2)18-7-8-20-14-10-17(9-13(14)18)15(19)12-5-4-6-16(12)3/h4-6,11,13-14H,7-10H2,1-3H3/t13-,14-/m0/s1. The fourth-order valence-electron chi connectivity index (χ4n) is 3.37. The highest BCUT2D eigenvalue weighted by Gasteiger charge is 2.42. The molecule has 0 radical (unpaired) electrons. The summed E-state index contributed by atoms with van der Waals surface area (Å²) in [6.07, 6.45) is 2.07. The molecule has 0 saturated carbocycles. The Bertz CT molecular complexity index is 497. The van der Waals surface area contributed by atoms with Gasteiger partial charge in [0, 0.05) is 38.9 Å². The zero-order valence-electron chi connectivity index (χ0n) is 12.5. The Morgan fingerprint density at radius 3 is 2.85 bits per heavy atom. The topological polar surface area (TPSA) is 37.7 Å². The van der Waals surface area contributed by atoms with E-state index in [2.05, 4.69) is 18.7 Å². The maximum absolute atomic E-state index is 12.6. The molecule has 110 valence electrons. The molecule has 3 heterocycles. The summed E-state index contributed by atoms with van der Waals surface area (Å²) in [5.74, 6) is 0.110. The Balaban J connectivity index is 1.75.